The summed E-state index contributed by atoms with van der Waals surface area (Å²) in [7, 11) is 5.31. The maximum atomic E-state index is 13.4. The minimum Gasteiger partial charge on any atom is -0.378 e. The summed E-state index contributed by atoms with van der Waals surface area (Å²) in [6.07, 6.45) is 6.30. The Bertz CT molecular complexity index is 2900. The van der Waals surface area contributed by atoms with Gasteiger partial charge in [-0.3, -0.25) is 29.5 Å². The zero-order chi connectivity index (χ0) is 54.0. The van der Waals surface area contributed by atoms with E-state index >= 15 is 0 Å². The number of rotatable bonds is 21. The Kier molecular flexibility index (Phi) is 22.3. The fourth-order valence-electron chi connectivity index (χ4n) is 9.07. The molecule has 6 aromatic rings. The number of amidine groups is 1. The van der Waals surface area contributed by atoms with Crippen molar-refractivity contribution in [2.24, 2.45) is 15.7 Å². The van der Waals surface area contributed by atoms with Crippen LogP contribution < -0.4 is 32.3 Å². The third-order valence-electron chi connectivity index (χ3n) is 13.0. The smallest absolute Gasteiger partial charge is 0.321 e. The second-order valence-electron chi connectivity index (χ2n) is 19.0. The van der Waals surface area contributed by atoms with Crippen LogP contribution >= 0.6 is 0 Å². The predicted molar refractivity (Wildman–Crippen MR) is 303 cm³/mol. The highest BCUT2D eigenvalue weighted by molar-refractivity contribution is 6.58. The van der Waals surface area contributed by atoms with E-state index in [9.17, 15) is 24.0 Å². The number of hydrogen-bond donors (Lipinski definition) is 6. The van der Waals surface area contributed by atoms with Gasteiger partial charge in [0.1, 0.15) is 11.6 Å². The maximum Gasteiger partial charge on any atom is 0.321 e. The molecule has 5 amide bonds. The Labute approximate surface area is 452 Å². The number of carbonyl (C=O) groups is 5. The van der Waals surface area contributed by atoms with Gasteiger partial charge in [-0.05, 0) is 103 Å². The molecule has 77 heavy (non-hydrogen) atoms. The number of amides is 5. The van der Waals surface area contributed by atoms with Crippen molar-refractivity contribution in [2.45, 2.75) is 94.9 Å². The Hall–Kier alpha value is -8.21. The van der Waals surface area contributed by atoms with Crippen LogP contribution in [0, 0.1) is 0 Å². The normalized spacial score (nSPS) is 15.9. The molecule has 4 unspecified atom stereocenters. The van der Waals surface area contributed by atoms with Gasteiger partial charge in [-0.25, -0.2) is 9.79 Å². The average Bonchev–Trinajstić information content (AvgIpc) is 4.19. The number of urea groups is 1. The number of ketones is 1. The molecular formula is C61H67BN8O7. The van der Waals surface area contributed by atoms with E-state index in [0.29, 0.717) is 43.6 Å². The molecule has 7 N–H and O–H groups in total. The lowest BCUT2D eigenvalue weighted by Crippen LogP contribution is -2.45. The van der Waals surface area contributed by atoms with E-state index in [4.69, 9.17) is 23.1 Å². The van der Waals surface area contributed by atoms with Crippen molar-refractivity contribution < 1.29 is 33.4 Å². The van der Waals surface area contributed by atoms with Gasteiger partial charge in [0.05, 0.1) is 43.6 Å². The summed E-state index contributed by atoms with van der Waals surface area (Å²) in [6.45, 7) is 2.39. The summed E-state index contributed by atoms with van der Waals surface area (Å²) >= 11 is 0. The number of nitrogens with zero attached hydrogens (tertiary/aromatic N) is 2. The number of Topliss-reactive ketones (excluding diaryl/α,β-unsaturated/α-hetero) is 1. The van der Waals surface area contributed by atoms with Gasteiger partial charge in [0, 0.05) is 37.6 Å². The second kappa shape index (κ2) is 30.4. The molecule has 6 aromatic carbocycles. The minimum absolute atomic E-state index is 0.00959. The van der Waals surface area contributed by atoms with Crippen molar-refractivity contribution in [1.82, 2.24) is 16.0 Å². The first-order valence-corrected chi connectivity index (χ1v) is 26.2. The molecule has 0 bridgehead atoms. The van der Waals surface area contributed by atoms with Crippen LogP contribution in [0.2, 0.25) is 0 Å². The third kappa shape index (κ3) is 19.8. The van der Waals surface area contributed by atoms with Gasteiger partial charge >= 0.3 is 6.03 Å². The van der Waals surface area contributed by atoms with Crippen molar-refractivity contribution in [1.29, 1.82) is 0 Å². The van der Waals surface area contributed by atoms with Gasteiger partial charge in [0.15, 0.2) is 11.8 Å². The molecule has 8 rings (SSSR count). The van der Waals surface area contributed by atoms with Crippen LogP contribution in [-0.2, 0) is 49.8 Å². The summed E-state index contributed by atoms with van der Waals surface area (Å²) in [6, 6.07) is 53.9. The van der Waals surface area contributed by atoms with Gasteiger partial charge in [0.2, 0.25) is 19.7 Å². The quantitative estimate of drug-likeness (QED) is 0.0232. The summed E-state index contributed by atoms with van der Waals surface area (Å²) < 4.78 is 11.1. The fourth-order valence-corrected chi connectivity index (χ4v) is 9.07. The predicted octanol–water partition coefficient (Wildman–Crippen LogP) is 9.29. The number of nitrogens with two attached hydrogens (primary N) is 1. The highest BCUT2D eigenvalue weighted by Gasteiger charge is 2.24. The number of carbonyl (C=O) groups excluding carboxylic acids is 5. The van der Waals surface area contributed by atoms with Crippen LogP contribution in [0.25, 0.3) is 0 Å². The summed E-state index contributed by atoms with van der Waals surface area (Å²) in [4.78, 5) is 71.5. The summed E-state index contributed by atoms with van der Waals surface area (Å²) in [5.41, 5.74) is 12.9. The molecule has 4 atom stereocenters. The zero-order valence-electron chi connectivity index (χ0n) is 43.3. The number of benzene rings is 6. The topological polar surface area (TPSA) is 215 Å². The first-order chi connectivity index (χ1) is 37.5. The maximum absolute atomic E-state index is 13.4. The second-order valence-corrected chi connectivity index (χ2v) is 19.0. The highest BCUT2D eigenvalue weighted by atomic mass is 16.5. The molecule has 2 saturated heterocycles. The summed E-state index contributed by atoms with van der Waals surface area (Å²) in [5.74, 6) is -1.44. The lowest BCUT2D eigenvalue weighted by Gasteiger charge is -2.18. The fraction of sp³-hybridized carbons (Fsp3) is 0.295. The van der Waals surface area contributed by atoms with Gasteiger partial charge in [0.25, 0.3) is 0 Å². The van der Waals surface area contributed by atoms with Gasteiger partial charge in [-0.2, -0.15) is 0 Å². The average molecular weight is 1040 g/mol. The molecule has 2 aliphatic rings. The highest BCUT2D eigenvalue weighted by Crippen LogP contribution is 2.26. The van der Waals surface area contributed by atoms with Crippen molar-refractivity contribution >= 4 is 60.5 Å². The molecule has 16 heteroatoms. The van der Waals surface area contributed by atoms with E-state index < -0.39 is 11.8 Å². The molecule has 396 valence electrons. The monoisotopic (exact) mass is 1030 g/mol. The van der Waals surface area contributed by atoms with E-state index in [1.807, 2.05) is 170 Å². The number of anilines is 2. The molecule has 2 aliphatic heterocycles. The zero-order valence-corrected chi connectivity index (χ0v) is 43.3. The van der Waals surface area contributed by atoms with Crippen LogP contribution in [0.5, 0.6) is 0 Å². The van der Waals surface area contributed by atoms with Crippen molar-refractivity contribution in [3.63, 3.8) is 0 Å². The van der Waals surface area contributed by atoms with Crippen molar-refractivity contribution in [3.05, 3.63) is 203 Å². The lowest BCUT2D eigenvalue weighted by atomic mass is 9.91. The SMILES string of the molecule is NC(=NCc1cccc(NC(=O)C(Cc2ccccc2)c2ccccc2)c1)NC(=O)NCC1CCCO1.[B]C(=O)NC(CC(=O)CCC1CCCO1)=NCc1cccc(NC(=O)C(Cc2ccccc2)c2ccccc2)c1. The van der Waals surface area contributed by atoms with E-state index in [-0.39, 0.29) is 72.9 Å². The van der Waals surface area contributed by atoms with Crippen LogP contribution in [0.4, 0.5) is 21.0 Å². The first-order valence-electron chi connectivity index (χ1n) is 26.2. The van der Waals surface area contributed by atoms with E-state index in [1.165, 1.54) is 0 Å². The molecule has 0 aromatic heterocycles. The van der Waals surface area contributed by atoms with Crippen molar-refractivity contribution in [3.8, 4) is 0 Å². The molecule has 2 heterocycles. The van der Waals surface area contributed by atoms with E-state index in [2.05, 4.69) is 36.6 Å². The Morgan fingerprint density at radius 1 is 0.571 bits per heavy atom. The van der Waals surface area contributed by atoms with Gasteiger partial charge in [-0.1, -0.05) is 146 Å². The molecule has 2 radical (unpaired) electrons. The number of ether oxygens (including phenoxy) is 2. The molecule has 2 fully saturated rings. The number of nitrogens with one attached hydrogen (secondary N) is 5. The molecule has 0 aliphatic carbocycles. The van der Waals surface area contributed by atoms with E-state index in [0.717, 1.165) is 72.3 Å². The number of hydrogen-bond acceptors (Lipinski definition) is 9. The largest absolute Gasteiger partial charge is 0.378 e. The Balaban J connectivity index is 0.000000224. The number of aliphatic imine (C=N–C) groups is 2. The Morgan fingerprint density at radius 2 is 1.04 bits per heavy atom. The molecular weight excluding hydrogens is 968 g/mol. The summed E-state index contributed by atoms with van der Waals surface area (Å²) in [5, 5.41) is 13.9. The van der Waals surface area contributed by atoms with Gasteiger partial charge in [-0.15, -0.1) is 0 Å². The number of guanidine groups is 1. The minimum atomic E-state index is -0.767. The van der Waals surface area contributed by atoms with E-state index in [1.54, 1.807) is 0 Å². The van der Waals surface area contributed by atoms with Crippen LogP contribution in [-0.4, -0.2) is 81.0 Å². The Morgan fingerprint density at radius 3 is 1.52 bits per heavy atom. The molecule has 0 saturated carbocycles. The van der Waals surface area contributed by atoms with Gasteiger partial charge < -0.3 is 36.5 Å². The lowest BCUT2D eigenvalue weighted by molar-refractivity contribution is -0.119. The third-order valence-corrected chi connectivity index (χ3v) is 13.0. The van der Waals surface area contributed by atoms with Crippen molar-refractivity contribution in [2.75, 3.05) is 30.4 Å². The first kappa shape index (κ1) is 56.5. The van der Waals surface area contributed by atoms with Crippen LogP contribution in [0.15, 0.2) is 180 Å². The molecule has 0 spiro atoms. The van der Waals surface area contributed by atoms with Crippen LogP contribution in [0.3, 0.4) is 0 Å². The standard InChI is InChI=1S/C32H34BN3O4.C29H33N5O3/c33-32(39)36-30(21-27(37)16-17-28-15-8-18-40-28)34-22-24-11-7-14-26(19-24)35-31(38)29(25-12-5-2-6-13-25)20-23-9-3-1-4-10-23;30-28(34-29(36)32-20-25-15-8-16-37-25)31-19-22-11-7-14-24(17-22)33-27(35)26(23-12-5-2-6-13-23)18-21-9-3-1-4-10-21/h1-7,9-14,19,28-29H,8,15-18,20-22H2,(H,35,38)(H,34,36,39);1-7,9-14,17,25-26H,8,15-16,18-20H2,(H,33,35)(H4,30,31,32,34,36). The van der Waals surface area contributed by atoms with Crippen LogP contribution in [0.1, 0.15) is 90.2 Å². The molecule has 15 nitrogen and oxygen atoms in total.